The summed E-state index contributed by atoms with van der Waals surface area (Å²) in [7, 11) is 1.51. The molecule has 0 aromatic rings. The van der Waals surface area contributed by atoms with E-state index in [1.165, 1.54) is 7.05 Å². The summed E-state index contributed by atoms with van der Waals surface area (Å²) in [6.45, 7) is 1.32. The Hall–Kier alpha value is -2.29. The maximum absolute atomic E-state index is 12.8. The van der Waals surface area contributed by atoms with Crippen LogP contribution in [0.4, 0.5) is 13.2 Å². The molecular weight excluding hydrogens is 311 g/mol. The molecule has 1 amide bonds. The number of hydrogen-bond acceptors (Lipinski definition) is 5. The largest absolute Gasteiger partial charge is 0.416 e. The minimum Gasteiger partial charge on any atom is -0.374 e. The maximum Gasteiger partial charge on any atom is 0.416 e. The van der Waals surface area contributed by atoms with Crippen molar-refractivity contribution in [1.29, 1.82) is 5.41 Å². The molecule has 1 fully saturated rings. The maximum atomic E-state index is 12.8. The standard InChI is InChI=1S/C14H18F3N5O/c1-19-13(21-7-12(23)22-9-5-20-6-9)10-4-8(14(15,16)17)2-3-11(10)18/h2-4,9,18-21H,5-7H2,1H3,(H,22,23)/b13-10+,18-11?. The Morgan fingerprint density at radius 3 is 2.61 bits per heavy atom. The van der Waals surface area contributed by atoms with E-state index in [2.05, 4.69) is 21.3 Å². The van der Waals surface area contributed by atoms with Gasteiger partial charge in [0, 0.05) is 25.7 Å². The molecule has 1 heterocycles. The Bertz CT molecular complexity index is 588. The predicted molar refractivity (Wildman–Crippen MR) is 79.9 cm³/mol. The van der Waals surface area contributed by atoms with Crippen molar-refractivity contribution in [3.8, 4) is 0 Å². The molecule has 5 N–H and O–H groups in total. The van der Waals surface area contributed by atoms with Crippen LogP contribution in [0, 0.1) is 5.41 Å². The van der Waals surface area contributed by atoms with E-state index in [4.69, 9.17) is 5.41 Å². The van der Waals surface area contributed by atoms with Gasteiger partial charge < -0.3 is 26.7 Å². The highest BCUT2D eigenvalue weighted by Crippen LogP contribution is 2.30. The van der Waals surface area contributed by atoms with Crippen molar-refractivity contribution in [1.82, 2.24) is 21.3 Å². The van der Waals surface area contributed by atoms with Crippen molar-refractivity contribution in [2.75, 3.05) is 26.7 Å². The van der Waals surface area contributed by atoms with Crippen LogP contribution in [0.3, 0.4) is 0 Å². The van der Waals surface area contributed by atoms with Gasteiger partial charge in [-0.05, 0) is 18.2 Å². The SMILES string of the molecule is CN/C(NCC(=O)NC1CNC1)=C1/C=C(C(F)(F)F)C=CC1=N. The summed E-state index contributed by atoms with van der Waals surface area (Å²) in [6, 6.07) is 0.0858. The molecule has 1 aliphatic carbocycles. The lowest BCUT2D eigenvalue weighted by atomic mass is 9.99. The molecule has 2 aliphatic rings. The third kappa shape index (κ3) is 4.35. The normalized spacial score (nSPS) is 20.5. The zero-order valence-corrected chi connectivity index (χ0v) is 12.5. The van der Waals surface area contributed by atoms with E-state index < -0.39 is 11.7 Å². The Kier molecular flexibility index (Phi) is 5.09. The van der Waals surface area contributed by atoms with Crippen LogP contribution < -0.4 is 21.3 Å². The summed E-state index contributed by atoms with van der Waals surface area (Å²) < 4.78 is 38.4. The van der Waals surface area contributed by atoms with E-state index in [1.807, 2.05) is 0 Å². The fourth-order valence-electron chi connectivity index (χ4n) is 2.08. The fraction of sp³-hybridized carbons (Fsp3) is 0.429. The number of allylic oxidation sites excluding steroid dienone is 5. The van der Waals surface area contributed by atoms with Crippen LogP contribution >= 0.6 is 0 Å². The first kappa shape index (κ1) is 17.1. The molecule has 2 rings (SSSR count). The Morgan fingerprint density at radius 1 is 1.39 bits per heavy atom. The second kappa shape index (κ2) is 6.86. The van der Waals surface area contributed by atoms with Gasteiger partial charge in [-0.1, -0.05) is 0 Å². The molecule has 0 aromatic carbocycles. The third-order valence-corrected chi connectivity index (χ3v) is 3.44. The molecule has 0 spiro atoms. The summed E-state index contributed by atoms with van der Waals surface area (Å²) in [5.74, 6) is -0.0641. The smallest absolute Gasteiger partial charge is 0.374 e. The predicted octanol–water partition coefficient (Wildman–Crippen LogP) is 0.173. The van der Waals surface area contributed by atoms with Gasteiger partial charge in [-0.25, -0.2) is 0 Å². The molecule has 0 atom stereocenters. The van der Waals surface area contributed by atoms with Crippen LogP contribution in [-0.4, -0.2) is 50.5 Å². The number of nitrogens with one attached hydrogen (secondary N) is 5. The summed E-state index contributed by atoms with van der Waals surface area (Å²) in [4.78, 5) is 11.7. The van der Waals surface area contributed by atoms with Crippen LogP contribution in [0.15, 0.2) is 35.2 Å². The number of amides is 1. The first-order valence-electron chi connectivity index (χ1n) is 7.03. The average Bonchev–Trinajstić information content (AvgIpc) is 2.44. The van der Waals surface area contributed by atoms with Gasteiger partial charge in [0.15, 0.2) is 0 Å². The summed E-state index contributed by atoms with van der Waals surface area (Å²) >= 11 is 0. The van der Waals surface area contributed by atoms with E-state index in [9.17, 15) is 18.0 Å². The van der Waals surface area contributed by atoms with Gasteiger partial charge in [0.05, 0.1) is 23.9 Å². The molecule has 0 unspecified atom stereocenters. The molecule has 6 nitrogen and oxygen atoms in total. The second-order valence-electron chi connectivity index (χ2n) is 5.16. The fourth-order valence-corrected chi connectivity index (χ4v) is 2.08. The molecule has 126 valence electrons. The van der Waals surface area contributed by atoms with Crippen molar-refractivity contribution >= 4 is 11.6 Å². The molecule has 1 saturated heterocycles. The van der Waals surface area contributed by atoms with Crippen molar-refractivity contribution in [3.05, 3.63) is 35.2 Å². The number of carbonyl (C=O) groups excluding carboxylic acids is 1. The van der Waals surface area contributed by atoms with Gasteiger partial charge in [-0.2, -0.15) is 13.2 Å². The average molecular weight is 329 g/mol. The van der Waals surface area contributed by atoms with E-state index in [0.29, 0.717) is 13.1 Å². The summed E-state index contributed by atoms with van der Waals surface area (Å²) in [5.41, 5.74) is -0.859. The Labute approximate surface area is 131 Å². The second-order valence-corrected chi connectivity index (χ2v) is 5.16. The first-order valence-corrected chi connectivity index (χ1v) is 7.03. The van der Waals surface area contributed by atoms with Crippen molar-refractivity contribution in [2.45, 2.75) is 12.2 Å². The number of rotatable bonds is 5. The number of hydrogen-bond donors (Lipinski definition) is 5. The van der Waals surface area contributed by atoms with Crippen molar-refractivity contribution < 1.29 is 18.0 Å². The van der Waals surface area contributed by atoms with Crippen LogP contribution in [0.2, 0.25) is 0 Å². The van der Waals surface area contributed by atoms with Gasteiger partial charge >= 0.3 is 6.18 Å². The van der Waals surface area contributed by atoms with Gasteiger partial charge in [0.1, 0.15) is 5.82 Å². The molecule has 1 aliphatic heterocycles. The number of halogens is 3. The molecule has 0 aromatic heterocycles. The van der Waals surface area contributed by atoms with E-state index >= 15 is 0 Å². The Morgan fingerprint density at radius 2 is 2.09 bits per heavy atom. The highest BCUT2D eigenvalue weighted by Gasteiger charge is 2.34. The minimum absolute atomic E-state index is 0.0560. The quantitative estimate of drug-likeness (QED) is 0.498. The molecule has 0 saturated carbocycles. The van der Waals surface area contributed by atoms with E-state index in [0.717, 1.165) is 18.2 Å². The minimum atomic E-state index is -4.49. The molecular formula is C14H18F3N5O. The third-order valence-electron chi connectivity index (χ3n) is 3.44. The van der Waals surface area contributed by atoms with Gasteiger partial charge in [0.25, 0.3) is 0 Å². The zero-order chi connectivity index (χ0) is 17.0. The summed E-state index contributed by atoms with van der Waals surface area (Å²) in [5, 5.41) is 19.0. The number of alkyl halides is 3. The van der Waals surface area contributed by atoms with Crippen LogP contribution in [0.25, 0.3) is 0 Å². The van der Waals surface area contributed by atoms with Gasteiger partial charge in [-0.15, -0.1) is 0 Å². The van der Waals surface area contributed by atoms with Crippen LogP contribution in [0.1, 0.15) is 0 Å². The Balaban J connectivity index is 2.08. The zero-order valence-electron chi connectivity index (χ0n) is 12.5. The first-order chi connectivity index (χ1) is 10.8. The van der Waals surface area contributed by atoms with E-state index in [-0.39, 0.29) is 35.6 Å². The number of carbonyl (C=O) groups is 1. The van der Waals surface area contributed by atoms with Gasteiger partial charge in [-0.3, -0.25) is 4.79 Å². The van der Waals surface area contributed by atoms with Crippen LogP contribution in [0.5, 0.6) is 0 Å². The lowest BCUT2D eigenvalue weighted by molar-refractivity contribution is -0.121. The molecule has 0 radical (unpaired) electrons. The molecule has 23 heavy (non-hydrogen) atoms. The highest BCUT2D eigenvalue weighted by molar-refractivity contribution is 6.10. The monoisotopic (exact) mass is 329 g/mol. The van der Waals surface area contributed by atoms with Crippen LogP contribution in [-0.2, 0) is 4.79 Å². The molecule has 0 bridgehead atoms. The lowest BCUT2D eigenvalue weighted by Crippen LogP contribution is -2.58. The topological polar surface area (TPSA) is 89.0 Å². The summed E-state index contributed by atoms with van der Waals surface area (Å²) in [6.07, 6.45) is -1.67. The van der Waals surface area contributed by atoms with Crippen molar-refractivity contribution in [2.24, 2.45) is 0 Å². The lowest BCUT2D eigenvalue weighted by Gasteiger charge is -2.28. The van der Waals surface area contributed by atoms with Gasteiger partial charge in [0.2, 0.25) is 5.91 Å². The highest BCUT2D eigenvalue weighted by atomic mass is 19.4. The molecule has 9 heteroatoms. The van der Waals surface area contributed by atoms with E-state index in [1.54, 1.807) is 0 Å². The van der Waals surface area contributed by atoms with Crippen molar-refractivity contribution in [3.63, 3.8) is 0 Å².